The van der Waals surface area contributed by atoms with Crippen molar-refractivity contribution in [1.82, 2.24) is 10.6 Å². The van der Waals surface area contributed by atoms with E-state index >= 15 is 0 Å². The lowest BCUT2D eigenvalue weighted by Gasteiger charge is -2.15. The smallest absolute Gasteiger partial charge is 0.118 e. The third kappa shape index (κ3) is 10.1. The third-order valence-electron chi connectivity index (χ3n) is 5.94. The van der Waals surface area contributed by atoms with Gasteiger partial charge in [-0.1, -0.05) is 103 Å². The van der Waals surface area contributed by atoms with Crippen molar-refractivity contribution in [2.24, 2.45) is 0 Å². The van der Waals surface area contributed by atoms with Crippen LogP contribution in [0.3, 0.4) is 0 Å². The van der Waals surface area contributed by atoms with Gasteiger partial charge < -0.3 is 20.1 Å². The lowest BCUT2D eigenvalue weighted by Crippen LogP contribution is -2.18. The van der Waals surface area contributed by atoms with E-state index < -0.39 is 0 Å². The van der Waals surface area contributed by atoms with E-state index in [1.54, 1.807) is 14.2 Å². The molecule has 4 aromatic carbocycles. The van der Waals surface area contributed by atoms with Crippen molar-refractivity contribution in [2.45, 2.75) is 19.1 Å². The zero-order chi connectivity index (χ0) is 26.8. The van der Waals surface area contributed by atoms with Crippen LogP contribution < -0.4 is 20.1 Å². The largest absolute Gasteiger partial charge is 0.497 e. The molecule has 0 bridgehead atoms. The molecular weight excluding hydrogens is 468 g/mol. The number of benzene rings is 4. The van der Waals surface area contributed by atoms with E-state index in [0.717, 1.165) is 31.1 Å². The zero-order valence-corrected chi connectivity index (χ0v) is 22.3. The van der Waals surface area contributed by atoms with Crippen LogP contribution in [0.5, 0.6) is 11.5 Å². The third-order valence-corrected chi connectivity index (χ3v) is 5.94. The van der Waals surface area contributed by atoms with Gasteiger partial charge in [0.1, 0.15) is 11.5 Å². The van der Waals surface area contributed by atoms with Crippen molar-refractivity contribution in [1.29, 1.82) is 0 Å². The Morgan fingerprint density at radius 1 is 0.684 bits per heavy atom. The highest BCUT2D eigenvalue weighted by molar-refractivity contribution is 5.48. The maximum absolute atomic E-state index is 5.15. The number of rotatable bonds is 12. The summed E-state index contributed by atoms with van der Waals surface area (Å²) in [6.45, 7) is 6.42. The van der Waals surface area contributed by atoms with Crippen molar-refractivity contribution >= 4 is 6.08 Å². The van der Waals surface area contributed by atoms with Crippen LogP contribution in [-0.2, 0) is 13.1 Å². The van der Waals surface area contributed by atoms with Crippen molar-refractivity contribution in [3.63, 3.8) is 0 Å². The maximum atomic E-state index is 5.15. The van der Waals surface area contributed by atoms with E-state index in [0.29, 0.717) is 0 Å². The van der Waals surface area contributed by atoms with Gasteiger partial charge in [-0.05, 0) is 46.5 Å². The predicted molar refractivity (Wildman–Crippen MR) is 159 cm³/mol. The van der Waals surface area contributed by atoms with Gasteiger partial charge in [-0.15, -0.1) is 6.58 Å². The molecule has 4 nitrogen and oxygen atoms in total. The first kappa shape index (κ1) is 28.5. The molecule has 0 spiro atoms. The minimum Gasteiger partial charge on any atom is -0.497 e. The van der Waals surface area contributed by atoms with Gasteiger partial charge in [0.25, 0.3) is 0 Å². The number of hydrogen-bond acceptors (Lipinski definition) is 4. The first-order valence-corrected chi connectivity index (χ1v) is 12.8. The Balaban J connectivity index is 0.000000211. The van der Waals surface area contributed by atoms with E-state index in [1.807, 2.05) is 66.7 Å². The van der Waals surface area contributed by atoms with Crippen LogP contribution in [0, 0.1) is 0 Å². The molecule has 0 saturated heterocycles. The molecule has 4 aromatic rings. The van der Waals surface area contributed by atoms with E-state index in [4.69, 9.17) is 9.47 Å². The molecule has 0 aliphatic rings. The fraction of sp³-hybridized carbons (Fsp3) is 0.176. The summed E-state index contributed by atoms with van der Waals surface area (Å²) in [5, 5.41) is 6.86. The first-order valence-electron chi connectivity index (χ1n) is 12.8. The molecule has 4 rings (SSSR count). The summed E-state index contributed by atoms with van der Waals surface area (Å²) in [6.07, 6.45) is 6.19. The van der Waals surface area contributed by atoms with Gasteiger partial charge in [0.15, 0.2) is 0 Å². The van der Waals surface area contributed by atoms with Gasteiger partial charge in [-0.25, -0.2) is 0 Å². The summed E-state index contributed by atoms with van der Waals surface area (Å²) < 4.78 is 10.3. The van der Waals surface area contributed by atoms with Gasteiger partial charge in [-0.3, -0.25) is 0 Å². The van der Waals surface area contributed by atoms with E-state index in [1.165, 1.54) is 22.3 Å². The van der Waals surface area contributed by atoms with Crippen molar-refractivity contribution < 1.29 is 9.47 Å². The Bertz CT molecular complexity index is 1210. The highest BCUT2D eigenvalue weighted by Gasteiger charge is 2.05. The molecule has 38 heavy (non-hydrogen) atoms. The average Bonchev–Trinajstić information content (AvgIpc) is 2.99. The Hall–Kier alpha value is -4.12. The standard InChI is InChI=1S/2C17H19NO/c1-19-17-11-9-16(10-12-17)14-18-13-5-8-15-6-3-2-4-7-15;1-3-17(15-7-5-4-6-8-15)18-13-14-9-11-16(19-2)12-10-14/h2-12,18H,13-14H2,1H3;3-12,17-18H,1,13H2,2H3/b8-5+;. The molecular formula is C34H38N2O2. The minimum atomic E-state index is 0.170. The fourth-order valence-corrected chi connectivity index (χ4v) is 3.77. The SMILES string of the molecule is C=CC(NCc1ccc(OC)cc1)c1ccccc1.COc1ccc(CNC/C=C/c2ccccc2)cc1. The van der Waals surface area contributed by atoms with Crippen molar-refractivity contribution in [2.75, 3.05) is 20.8 Å². The lowest BCUT2D eigenvalue weighted by atomic mass is 10.1. The van der Waals surface area contributed by atoms with Crippen LogP contribution in [0.25, 0.3) is 6.08 Å². The molecule has 2 N–H and O–H groups in total. The van der Waals surface area contributed by atoms with Crippen LogP contribution in [0.2, 0.25) is 0 Å². The van der Waals surface area contributed by atoms with Gasteiger partial charge in [0, 0.05) is 19.6 Å². The van der Waals surface area contributed by atoms with Gasteiger partial charge in [0.2, 0.25) is 0 Å². The zero-order valence-electron chi connectivity index (χ0n) is 22.3. The minimum absolute atomic E-state index is 0.170. The normalized spacial score (nSPS) is 11.3. The molecule has 0 radical (unpaired) electrons. The Labute approximate surface area is 227 Å². The summed E-state index contributed by atoms with van der Waals surface area (Å²) in [5.41, 5.74) is 4.94. The summed E-state index contributed by atoms with van der Waals surface area (Å²) in [7, 11) is 3.36. The van der Waals surface area contributed by atoms with Crippen LogP contribution in [0.1, 0.15) is 28.3 Å². The monoisotopic (exact) mass is 506 g/mol. The number of hydrogen-bond donors (Lipinski definition) is 2. The first-order chi connectivity index (χ1) is 18.7. The Morgan fingerprint density at radius 3 is 1.74 bits per heavy atom. The lowest BCUT2D eigenvalue weighted by molar-refractivity contribution is 0.414. The molecule has 0 aromatic heterocycles. The number of nitrogens with one attached hydrogen (secondary N) is 2. The van der Waals surface area contributed by atoms with Gasteiger partial charge in [0.05, 0.1) is 20.3 Å². The summed E-state index contributed by atoms with van der Waals surface area (Å²) >= 11 is 0. The predicted octanol–water partition coefficient (Wildman–Crippen LogP) is 7.21. The van der Waals surface area contributed by atoms with Crippen molar-refractivity contribution in [3.05, 3.63) is 150 Å². The fourth-order valence-electron chi connectivity index (χ4n) is 3.77. The molecule has 0 amide bonds. The summed E-state index contributed by atoms with van der Waals surface area (Å²) in [4.78, 5) is 0. The average molecular weight is 507 g/mol. The number of ether oxygens (including phenoxy) is 2. The maximum Gasteiger partial charge on any atom is 0.118 e. The highest BCUT2D eigenvalue weighted by Crippen LogP contribution is 2.16. The Kier molecular flexibility index (Phi) is 12.4. The van der Waals surface area contributed by atoms with Crippen molar-refractivity contribution in [3.8, 4) is 11.5 Å². The highest BCUT2D eigenvalue weighted by atomic mass is 16.5. The van der Waals surface area contributed by atoms with E-state index in [2.05, 4.69) is 77.9 Å². The Morgan fingerprint density at radius 2 is 1.21 bits per heavy atom. The molecule has 4 heteroatoms. The van der Waals surface area contributed by atoms with Crippen LogP contribution in [-0.4, -0.2) is 20.8 Å². The second kappa shape index (κ2) is 16.6. The van der Waals surface area contributed by atoms with Crippen LogP contribution >= 0.6 is 0 Å². The molecule has 0 heterocycles. The quantitative estimate of drug-likeness (QED) is 0.157. The number of methoxy groups -OCH3 is 2. The van der Waals surface area contributed by atoms with Crippen LogP contribution in [0.15, 0.2) is 128 Å². The molecule has 0 aliphatic heterocycles. The molecule has 1 atom stereocenters. The molecule has 0 fully saturated rings. The van der Waals surface area contributed by atoms with E-state index in [9.17, 15) is 0 Å². The second-order valence-electron chi connectivity index (χ2n) is 8.65. The molecule has 1 unspecified atom stereocenters. The topological polar surface area (TPSA) is 42.5 Å². The van der Waals surface area contributed by atoms with Gasteiger partial charge in [-0.2, -0.15) is 0 Å². The summed E-state index contributed by atoms with van der Waals surface area (Å²) in [5.74, 6) is 1.78. The molecule has 0 aliphatic carbocycles. The second-order valence-corrected chi connectivity index (χ2v) is 8.65. The molecule has 196 valence electrons. The van der Waals surface area contributed by atoms with E-state index in [-0.39, 0.29) is 6.04 Å². The van der Waals surface area contributed by atoms with Crippen LogP contribution in [0.4, 0.5) is 0 Å². The van der Waals surface area contributed by atoms with Gasteiger partial charge >= 0.3 is 0 Å². The summed E-state index contributed by atoms with van der Waals surface area (Å²) in [6, 6.07) is 37.0. The molecule has 0 saturated carbocycles.